The van der Waals surface area contributed by atoms with Crippen molar-refractivity contribution in [2.75, 3.05) is 26.4 Å². The summed E-state index contributed by atoms with van der Waals surface area (Å²) in [6, 6.07) is 6.10. The zero-order valence-electron chi connectivity index (χ0n) is 18.2. The first kappa shape index (κ1) is 21.4. The van der Waals surface area contributed by atoms with Gasteiger partial charge in [-0.1, -0.05) is 45.1 Å². The molecule has 6 heteroatoms. The molecule has 0 radical (unpaired) electrons. The van der Waals surface area contributed by atoms with Crippen molar-refractivity contribution < 1.29 is 19.4 Å². The van der Waals surface area contributed by atoms with E-state index in [-0.39, 0.29) is 24.7 Å². The lowest BCUT2D eigenvalue weighted by Crippen LogP contribution is -2.56. The van der Waals surface area contributed by atoms with E-state index in [9.17, 15) is 9.90 Å². The number of nitrogens with one attached hydrogen (secondary N) is 1. The molecule has 1 saturated heterocycles. The maximum Gasteiger partial charge on any atom is 0.234 e. The van der Waals surface area contributed by atoms with Crippen molar-refractivity contribution in [3.8, 4) is 11.5 Å². The van der Waals surface area contributed by atoms with E-state index in [0.717, 1.165) is 75.1 Å². The van der Waals surface area contributed by atoms with Crippen LogP contribution in [0.4, 0.5) is 0 Å². The summed E-state index contributed by atoms with van der Waals surface area (Å²) in [6.45, 7) is 4.29. The van der Waals surface area contributed by atoms with Gasteiger partial charge in [-0.25, -0.2) is 0 Å². The van der Waals surface area contributed by atoms with Crippen LogP contribution >= 0.6 is 0 Å². The van der Waals surface area contributed by atoms with Gasteiger partial charge < -0.3 is 19.9 Å². The van der Waals surface area contributed by atoms with Gasteiger partial charge in [0.15, 0.2) is 11.5 Å². The minimum absolute atomic E-state index is 0.0180. The number of nitrogens with zero attached hydrogens (tertiary/aromatic N) is 1. The molecule has 2 heterocycles. The van der Waals surface area contributed by atoms with E-state index in [4.69, 9.17) is 9.47 Å². The van der Waals surface area contributed by atoms with Crippen molar-refractivity contribution in [3.63, 3.8) is 0 Å². The van der Waals surface area contributed by atoms with Crippen LogP contribution in [0.2, 0.25) is 0 Å². The molecule has 1 amide bonds. The van der Waals surface area contributed by atoms with E-state index in [2.05, 4.69) is 23.2 Å². The number of carbonyl (C=O) groups is 1. The molecule has 0 spiro atoms. The highest BCUT2D eigenvalue weighted by Crippen LogP contribution is 2.50. The Bertz CT molecular complexity index is 740. The molecule has 0 bridgehead atoms. The molecule has 2 fully saturated rings. The second-order valence-corrected chi connectivity index (χ2v) is 9.14. The number of hydrogen-bond donors (Lipinski definition) is 2. The Morgan fingerprint density at radius 1 is 1.20 bits per heavy atom. The van der Waals surface area contributed by atoms with Gasteiger partial charge in [0.25, 0.3) is 0 Å². The normalized spacial score (nSPS) is 28.2. The summed E-state index contributed by atoms with van der Waals surface area (Å²) in [4.78, 5) is 15.0. The number of fused-ring (bicyclic) bond motifs is 2. The van der Waals surface area contributed by atoms with Gasteiger partial charge in [-0.2, -0.15) is 0 Å². The molecule has 2 aliphatic heterocycles. The number of unbranched alkanes of at least 4 members (excludes halogenated alkanes) is 3. The van der Waals surface area contributed by atoms with Crippen LogP contribution in [0.15, 0.2) is 18.2 Å². The van der Waals surface area contributed by atoms with Crippen molar-refractivity contribution >= 4 is 5.91 Å². The summed E-state index contributed by atoms with van der Waals surface area (Å²) in [5, 5.41) is 14.5. The zero-order valence-corrected chi connectivity index (χ0v) is 18.2. The van der Waals surface area contributed by atoms with Gasteiger partial charge in [0.1, 0.15) is 0 Å². The van der Waals surface area contributed by atoms with Crippen LogP contribution in [-0.4, -0.2) is 47.9 Å². The molecule has 30 heavy (non-hydrogen) atoms. The third-order valence-electron chi connectivity index (χ3n) is 7.11. The van der Waals surface area contributed by atoms with Gasteiger partial charge >= 0.3 is 0 Å². The van der Waals surface area contributed by atoms with E-state index in [1.54, 1.807) is 0 Å². The van der Waals surface area contributed by atoms with E-state index < -0.39 is 5.60 Å². The van der Waals surface area contributed by atoms with Crippen molar-refractivity contribution in [3.05, 3.63) is 23.8 Å². The molecule has 3 atom stereocenters. The van der Waals surface area contributed by atoms with Crippen LogP contribution in [0, 0.1) is 5.92 Å². The highest BCUT2D eigenvalue weighted by Gasteiger charge is 2.49. The smallest absolute Gasteiger partial charge is 0.234 e. The van der Waals surface area contributed by atoms with Crippen LogP contribution in [0.25, 0.3) is 0 Å². The summed E-state index contributed by atoms with van der Waals surface area (Å²) < 4.78 is 11.1. The molecule has 1 saturated carbocycles. The lowest BCUT2D eigenvalue weighted by molar-refractivity contribution is -0.137. The third kappa shape index (κ3) is 4.59. The highest BCUT2D eigenvalue weighted by atomic mass is 16.7. The quantitative estimate of drug-likeness (QED) is 0.631. The number of amides is 1. The maximum atomic E-state index is 12.7. The minimum atomic E-state index is -0.633. The molecule has 1 aromatic carbocycles. The van der Waals surface area contributed by atoms with Gasteiger partial charge in [-0.05, 0) is 43.4 Å². The number of benzene rings is 1. The Balaban J connectivity index is 1.49. The zero-order chi connectivity index (χ0) is 21.0. The summed E-state index contributed by atoms with van der Waals surface area (Å²) in [7, 11) is 0. The lowest BCUT2D eigenvalue weighted by atomic mass is 9.66. The van der Waals surface area contributed by atoms with E-state index in [1.807, 2.05) is 12.1 Å². The van der Waals surface area contributed by atoms with Gasteiger partial charge in [-0.15, -0.1) is 0 Å². The number of rotatable bonds is 8. The number of likely N-dealkylation sites (tertiary alicyclic amines) is 1. The SMILES string of the molecule is CCCCCCNC(=O)CN1CC[C@@]2(O)CCCC[C@H]2[C@@H]1c1ccc2c(c1)OCO2. The monoisotopic (exact) mass is 416 g/mol. The maximum absolute atomic E-state index is 12.7. The summed E-state index contributed by atoms with van der Waals surface area (Å²) in [6.07, 6.45) is 9.41. The Morgan fingerprint density at radius 3 is 2.93 bits per heavy atom. The van der Waals surface area contributed by atoms with Crippen LogP contribution in [0.1, 0.15) is 76.3 Å². The fourth-order valence-electron chi connectivity index (χ4n) is 5.48. The van der Waals surface area contributed by atoms with Crippen LogP contribution in [0.3, 0.4) is 0 Å². The van der Waals surface area contributed by atoms with Crippen LogP contribution in [-0.2, 0) is 4.79 Å². The number of hydrogen-bond acceptors (Lipinski definition) is 5. The largest absolute Gasteiger partial charge is 0.454 e. The molecule has 6 nitrogen and oxygen atoms in total. The summed E-state index contributed by atoms with van der Waals surface area (Å²) in [5.74, 6) is 1.75. The predicted octanol–water partition coefficient (Wildman–Crippen LogP) is 3.78. The Hall–Kier alpha value is -1.79. The van der Waals surface area contributed by atoms with Crippen molar-refractivity contribution in [2.45, 2.75) is 76.4 Å². The standard InChI is InChI=1S/C24H36N2O4/c1-2-3-4-7-13-25-22(27)16-26-14-12-24(28)11-6-5-8-19(24)23(26)18-9-10-20-21(15-18)30-17-29-20/h9-10,15,19,23,28H,2-8,11-14,16-17H2,1H3,(H,25,27)/t19-,23-,24-/m0/s1. The minimum Gasteiger partial charge on any atom is -0.454 e. The van der Waals surface area contributed by atoms with Crippen molar-refractivity contribution in [1.29, 1.82) is 0 Å². The van der Waals surface area contributed by atoms with Gasteiger partial charge in [0.2, 0.25) is 12.7 Å². The fraction of sp³-hybridized carbons (Fsp3) is 0.708. The van der Waals surface area contributed by atoms with Gasteiger partial charge in [-0.3, -0.25) is 9.69 Å². The Labute approximate surface area is 179 Å². The first-order valence-corrected chi connectivity index (χ1v) is 11.7. The highest BCUT2D eigenvalue weighted by molar-refractivity contribution is 5.78. The molecule has 2 N–H and O–H groups in total. The lowest BCUT2D eigenvalue weighted by Gasteiger charge is -2.52. The van der Waals surface area contributed by atoms with E-state index in [1.165, 1.54) is 12.8 Å². The van der Waals surface area contributed by atoms with Crippen LogP contribution < -0.4 is 14.8 Å². The molecule has 0 aromatic heterocycles. The van der Waals surface area contributed by atoms with Gasteiger partial charge in [0, 0.05) is 25.0 Å². The van der Waals surface area contributed by atoms with Crippen molar-refractivity contribution in [2.24, 2.45) is 5.92 Å². The average molecular weight is 417 g/mol. The molecule has 1 aromatic rings. The number of aliphatic hydroxyl groups is 1. The molecular weight excluding hydrogens is 380 g/mol. The molecule has 3 aliphatic rings. The molecular formula is C24H36N2O4. The summed E-state index contributed by atoms with van der Waals surface area (Å²) in [5.41, 5.74) is 0.479. The molecule has 0 unspecified atom stereocenters. The third-order valence-corrected chi connectivity index (χ3v) is 7.11. The topological polar surface area (TPSA) is 71.0 Å². The van der Waals surface area contributed by atoms with E-state index >= 15 is 0 Å². The molecule has 4 rings (SSSR count). The Morgan fingerprint density at radius 2 is 2.07 bits per heavy atom. The average Bonchev–Trinajstić information content (AvgIpc) is 3.21. The second kappa shape index (κ2) is 9.56. The molecule has 166 valence electrons. The van der Waals surface area contributed by atoms with E-state index in [0.29, 0.717) is 6.54 Å². The van der Waals surface area contributed by atoms with Crippen molar-refractivity contribution in [1.82, 2.24) is 10.2 Å². The number of ether oxygens (including phenoxy) is 2. The Kier molecular flexibility index (Phi) is 6.84. The number of piperidine rings is 1. The first-order valence-electron chi connectivity index (χ1n) is 11.7. The molecule has 1 aliphatic carbocycles. The summed E-state index contributed by atoms with van der Waals surface area (Å²) >= 11 is 0. The first-order chi connectivity index (χ1) is 14.6. The second-order valence-electron chi connectivity index (χ2n) is 9.14. The fourth-order valence-corrected chi connectivity index (χ4v) is 5.48. The predicted molar refractivity (Wildman–Crippen MR) is 116 cm³/mol. The van der Waals surface area contributed by atoms with Gasteiger partial charge in [0.05, 0.1) is 12.1 Å². The number of carbonyl (C=O) groups excluding carboxylic acids is 1. The van der Waals surface area contributed by atoms with Crippen LogP contribution in [0.5, 0.6) is 11.5 Å².